The molecular formula is C12H17N3O4S. The summed E-state index contributed by atoms with van der Waals surface area (Å²) >= 11 is 0. The Kier molecular flexibility index (Phi) is 3.98. The van der Waals surface area contributed by atoms with Gasteiger partial charge in [-0.05, 0) is 32.9 Å². The van der Waals surface area contributed by atoms with Crippen molar-refractivity contribution < 1.29 is 17.9 Å². The Hall–Kier alpha value is -1.64. The van der Waals surface area contributed by atoms with Crippen molar-refractivity contribution in [3.05, 3.63) is 35.0 Å². The summed E-state index contributed by atoms with van der Waals surface area (Å²) in [6.07, 6.45) is 0. The molecule has 2 rings (SSSR count). The number of aromatic nitrogens is 2. The molecule has 0 saturated carbocycles. The first kappa shape index (κ1) is 14.8. The molecule has 0 aliphatic heterocycles. The van der Waals surface area contributed by atoms with Gasteiger partial charge in [0, 0.05) is 0 Å². The normalized spacial score (nSPS) is 13.6. The zero-order chi connectivity index (χ0) is 14.9. The summed E-state index contributed by atoms with van der Waals surface area (Å²) in [4.78, 5) is -0.0184. The van der Waals surface area contributed by atoms with Crippen molar-refractivity contribution in [2.75, 3.05) is 0 Å². The Morgan fingerprint density at radius 3 is 2.70 bits per heavy atom. The number of aliphatic hydroxyl groups is 1. The van der Waals surface area contributed by atoms with E-state index in [2.05, 4.69) is 14.9 Å². The summed E-state index contributed by atoms with van der Waals surface area (Å²) in [7, 11) is -3.79. The van der Waals surface area contributed by atoms with Crippen LogP contribution in [0.1, 0.15) is 35.9 Å². The largest absolute Gasteiger partial charge is 0.465 e. The molecule has 20 heavy (non-hydrogen) atoms. The Morgan fingerprint density at radius 2 is 2.15 bits per heavy atom. The van der Waals surface area contributed by atoms with E-state index < -0.39 is 22.7 Å². The lowest BCUT2D eigenvalue weighted by molar-refractivity contribution is 0.273. The minimum absolute atomic E-state index is 0.0184. The van der Waals surface area contributed by atoms with E-state index in [9.17, 15) is 8.42 Å². The fraction of sp³-hybridized carbons (Fsp3) is 0.417. The number of aliphatic hydroxyl groups excluding tert-OH is 1. The van der Waals surface area contributed by atoms with Crippen molar-refractivity contribution in [1.29, 1.82) is 0 Å². The van der Waals surface area contributed by atoms with Gasteiger partial charge in [0.1, 0.15) is 22.1 Å². The van der Waals surface area contributed by atoms with Crippen LogP contribution in [0.3, 0.4) is 0 Å². The molecule has 0 aromatic carbocycles. The molecule has 1 unspecified atom stereocenters. The van der Waals surface area contributed by atoms with E-state index in [1.54, 1.807) is 32.9 Å². The summed E-state index contributed by atoms with van der Waals surface area (Å²) < 4.78 is 32.6. The van der Waals surface area contributed by atoms with Gasteiger partial charge in [0.15, 0.2) is 0 Å². The molecule has 1 atom stereocenters. The lowest BCUT2D eigenvalue weighted by atomic mass is 10.3. The van der Waals surface area contributed by atoms with Crippen LogP contribution in [0, 0.1) is 13.8 Å². The van der Waals surface area contributed by atoms with Crippen molar-refractivity contribution >= 4 is 10.0 Å². The highest BCUT2D eigenvalue weighted by Crippen LogP contribution is 2.22. The lowest BCUT2D eigenvalue weighted by Crippen LogP contribution is -2.27. The van der Waals surface area contributed by atoms with Crippen molar-refractivity contribution in [3.63, 3.8) is 0 Å². The van der Waals surface area contributed by atoms with Crippen molar-refractivity contribution in [3.8, 4) is 0 Å². The molecule has 0 spiro atoms. The average molecular weight is 299 g/mol. The number of hydrogen-bond donors (Lipinski definition) is 3. The zero-order valence-electron chi connectivity index (χ0n) is 11.5. The number of H-pyrrole nitrogens is 1. The summed E-state index contributed by atoms with van der Waals surface area (Å²) in [6.45, 7) is 4.61. The van der Waals surface area contributed by atoms with Crippen LogP contribution < -0.4 is 4.72 Å². The molecule has 0 radical (unpaired) electrons. The predicted molar refractivity (Wildman–Crippen MR) is 71.4 cm³/mol. The number of rotatable bonds is 5. The van der Waals surface area contributed by atoms with Crippen molar-refractivity contribution in [2.45, 2.75) is 38.3 Å². The number of hydrogen-bond acceptors (Lipinski definition) is 5. The molecule has 0 aliphatic carbocycles. The smallest absolute Gasteiger partial charge is 0.244 e. The number of nitrogens with zero attached hydrogens (tertiary/aromatic N) is 1. The number of sulfonamides is 1. The van der Waals surface area contributed by atoms with E-state index in [1.165, 1.54) is 0 Å². The molecule has 0 bridgehead atoms. The van der Waals surface area contributed by atoms with Gasteiger partial charge in [-0.25, -0.2) is 13.1 Å². The molecule has 8 heteroatoms. The van der Waals surface area contributed by atoms with Crippen LogP contribution in [0.25, 0.3) is 0 Å². The molecule has 0 amide bonds. The van der Waals surface area contributed by atoms with Gasteiger partial charge in [-0.15, -0.1) is 0 Å². The maximum Gasteiger partial charge on any atom is 0.244 e. The monoisotopic (exact) mass is 299 g/mol. The minimum Gasteiger partial charge on any atom is -0.465 e. The van der Waals surface area contributed by atoms with Crippen LogP contribution in [0.5, 0.6) is 0 Å². The average Bonchev–Trinajstić information content (AvgIpc) is 2.94. The van der Waals surface area contributed by atoms with Gasteiger partial charge in [-0.3, -0.25) is 5.10 Å². The molecule has 0 aliphatic rings. The van der Waals surface area contributed by atoms with E-state index in [4.69, 9.17) is 9.52 Å². The molecule has 2 aromatic heterocycles. The third-order valence-electron chi connectivity index (χ3n) is 2.90. The predicted octanol–water partition coefficient (Wildman–Crippen LogP) is 1.15. The molecule has 7 nitrogen and oxygen atoms in total. The van der Waals surface area contributed by atoms with Crippen molar-refractivity contribution in [1.82, 2.24) is 14.9 Å². The maximum atomic E-state index is 12.4. The second-order valence-corrected chi connectivity index (χ2v) is 6.22. The summed E-state index contributed by atoms with van der Waals surface area (Å²) in [5.74, 6) is 1.24. The molecule has 0 saturated heterocycles. The van der Waals surface area contributed by atoms with E-state index in [0.717, 1.165) is 0 Å². The second kappa shape index (κ2) is 5.39. The number of aryl methyl sites for hydroxylation is 2. The third kappa shape index (κ3) is 2.77. The summed E-state index contributed by atoms with van der Waals surface area (Å²) in [6, 6.07) is 2.97. The highest BCUT2D eigenvalue weighted by molar-refractivity contribution is 7.89. The molecule has 2 heterocycles. The van der Waals surface area contributed by atoms with Gasteiger partial charge >= 0.3 is 0 Å². The van der Waals surface area contributed by atoms with Crippen LogP contribution >= 0.6 is 0 Å². The third-order valence-corrected chi connectivity index (χ3v) is 4.64. The topological polar surface area (TPSA) is 108 Å². The fourth-order valence-electron chi connectivity index (χ4n) is 1.97. The maximum absolute atomic E-state index is 12.4. The summed E-state index contributed by atoms with van der Waals surface area (Å²) in [5.41, 5.74) is 0.474. The van der Waals surface area contributed by atoms with Gasteiger partial charge in [0.2, 0.25) is 10.0 Å². The SMILES string of the molecule is Cc1ccc(C(C)NS(=O)(=O)c2c(CO)n[nH]c2C)o1. The van der Waals surface area contributed by atoms with Crippen LogP contribution in [0.4, 0.5) is 0 Å². The molecular weight excluding hydrogens is 282 g/mol. The van der Waals surface area contributed by atoms with Crippen LogP contribution in [-0.2, 0) is 16.6 Å². The van der Waals surface area contributed by atoms with Crippen molar-refractivity contribution in [2.24, 2.45) is 0 Å². The molecule has 3 N–H and O–H groups in total. The van der Waals surface area contributed by atoms with Crippen LogP contribution in [0.2, 0.25) is 0 Å². The van der Waals surface area contributed by atoms with Gasteiger partial charge in [0.25, 0.3) is 0 Å². The van der Waals surface area contributed by atoms with E-state index in [1.807, 2.05) is 0 Å². The first-order chi connectivity index (χ1) is 9.35. The first-order valence-corrected chi connectivity index (χ1v) is 7.57. The number of furan rings is 1. The Balaban J connectivity index is 2.29. The molecule has 110 valence electrons. The quantitative estimate of drug-likeness (QED) is 0.767. The number of aromatic amines is 1. The van der Waals surface area contributed by atoms with Gasteiger partial charge in [-0.2, -0.15) is 5.10 Å². The first-order valence-electron chi connectivity index (χ1n) is 6.08. The number of nitrogens with one attached hydrogen (secondary N) is 2. The summed E-state index contributed by atoms with van der Waals surface area (Å²) in [5, 5.41) is 15.5. The van der Waals surface area contributed by atoms with Crippen LogP contribution in [-0.4, -0.2) is 23.7 Å². The van der Waals surface area contributed by atoms with Gasteiger partial charge in [0.05, 0.1) is 18.3 Å². The van der Waals surface area contributed by atoms with E-state index in [-0.39, 0.29) is 10.6 Å². The van der Waals surface area contributed by atoms with E-state index >= 15 is 0 Å². The van der Waals surface area contributed by atoms with Gasteiger partial charge in [-0.1, -0.05) is 0 Å². The Bertz CT molecular complexity index is 702. The molecule has 0 fully saturated rings. The fourth-order valence-corrected chi connectivity index (χ4v) is 3.54. The zero-order valence-corrected chi connectivity index (χ0v) is 12.3. The van der Waals surface area contributed by atoms with Crippen LogP contribution in [0.15, 0.2) is 21.4 Å². The lowest BCUT2D eigenvalue weighted by Gasteiger charge is -2.12. The van der Waals surface area contributed by atoms with E-state index in [0.29, 0.717) is 17.2 Å². The standard InChI is InChI=1S/C12H17N3O4S/c1-7-4-5-11(19-7)8(2)15-20(17,18)12-9(3)13-14-10(12)6-16/h4-5,8,15-16H,6H2,1-3H3,(H,13,14). The Morgan fingerprint density at radius 1 is 1.45 bits per heavy atom. The highest BCUT2D eigenvalue weighted by atomic mass is 32.2. The highest BCUT2D eigenvalue weighted by Gasteiger charge is 2.26. The minimum atomic E-state index is -3.79. The molecule has 2 aromatic rings. The second-order valence-electron chi connectivity index (χ2n) is 4.57. The Labute approximate surface area is 117 Å². The van der Waals surface area contributed by atoms with Gasteiger partial charge < -0.3 is 9.52 Å².